The van der Waals surface area contributed by atoms with Crippen LogP contribution in [0.25, 0.3) is 0 Å². The minimum atomic E-state index is -3.74. The summed E-state index contributed by atoms with van der Waals surface area (Å²) in [6, 6.07) is -0.330. The van der Waals surface area contributed by atoms with Crippen molar-refractivity contribution < 1.29 is 18.3 Å². The summed E-state index contributed by atoms with van der Waals surface area (Å²) in [5.41, 5.74) is 5.50. The zero-order chi connectivity index (χ0) is 12.3. The number of piperazine rings is 1. The van der Waals surface area contributed by atoms with Crippen LogP contribution in [0.4, 0.5) is 0 Å². The van der Waals surface area contributed by atoms with Crippen LogP contribution in [0.15, 0.2) is 0 Å². The fraction of sp³-hybridized carbons (Fsp3) is 0.875. The number of carboxylic acid groups (broad SMARTS) is 1. The number of nitrogens with zero attached hydrogens (tertiary/aromatic N) is 2. The summed E-state index contributed by atoms with van der Waals surface area (Å²) < 4.78 is 24.7. The van der Waals surface area contributed by atoms with E-state index in [1.165, 1.54) is 4.31 Å². The van der Waals surface area contributed by atoms with E-state index in [-0.39, 0.29) is 12.6 Å². The minimum Gasteiger partial charge on any atom is -0.480 e. The lowest BCUT2D eigenvalue weighted by molar-refractivity contribution is -0.134. The maximum absolute atomic E-state index is 11.7. The third-order valence-electron chi connectivity index (χ3n) is 2.57. The molecule has 0 aliphatic carbocycles. The molecule has 7 nitrogen and oxygen atoms in total. The second-order valence-corrected chi connectivity index (χ2v) is 5.83. The van der Waals surface area contributed by atoms with Gasteiger partial charge in [-0.25, -0.2) is 8.42 Å². The van der Waals surface area contributed by atoms with E-state index in [0.717, 1.165) is 0 Å². The largest absolute Gasteiger partial charge is 0.480 e. The molecule has 1 saturated heterocycles. The van der Waals surface area contributed by atoms with Gasteiger partial charge in [-0.3, -0.25) is 4.79 Å². The van der Waals surface area contributed by atoms with Gasteiger partial charge in [-0.15, -0.1) is 0 Å². The van der Waals surface area contributed by atoms with Crippen molar-refractivity contribution in [2.24, 2.45) is 5.73 Å². The lowest BCUT2D eigenvalue weighted by atomic mass is 10.2. The number of aliphatic carboxylic acids is 1. The zero-order valence-corrected chi connectivity index (χ0v) is 9.98. The monoisotopic (exact) mass is 251 g/mol. The number of likely N-dealkylation sites (N-methyl/N-ethyl adjacent to an activating group) is 1. The van der Waals surface area contributed by atoms with E-state index in [2.05, 4.69) is 0 Å². The van der Waals surface area contributed by atoms with E-state index in [4.69, 9.17) is 10.8 Å². The van der Waals surface area contributed by atoms with Crippen LogP contribution in [-0.2, 0) is 14.8 Å². The molecule has 8 heteroatoms. The number of carbonyl (C=O) groups is 1. The van der Waals surface area contributed by atoms with E-state index in [1.54, 1.807) is 0 Å². The highest BCUT2D eigenvalue weighted by Crippen LogP contribution is 2.13. The molecule has 0 saturated carbocycles. The summed E-state index contributed by atoms with van der Waals surface area (Å²) in [6.07, 6.45) is 0. The summed E-state index contributed by atoms with van der Waals surface area (Å²) in [4.78, 5) is 12.4. The molecule has 1 rings (SSSR count). The van der Waals surface area contributed by atoms with Gasteiger partial charge >= 0.3 is 5.97 Å². The number of hydrogen-bond donors (Lipinski definition) is 2. The molecule has 16 heavy (non-hydrogen) atoms. The summed E-state index contributed by atoms with van der Waals surface area (Å²) in [5.74, 6) is -2.21. The summed E-state index contributed by atoms with van der Waals surface area (Å²) >= 11 is 0. The molecule has 0 amide bonds. The maximum Gasteiger partial charge on any atom is 0.320 e. The Morgan fingerprint density at radius 1 is 1.50 bits per heavy atom. The maximum atomic E-state index is 11.7. The van der Waals surface area contributed by atoms with E-state index in [1.807, 2.05) is 11.9 Å². The van der Waals surface area contributed by atoms with Gasteiger partial charge < -0.3 is 15.7 Å². The minimum absolute atomic E-state index is 0.198. The fourth-order valence-electron chi connectivity index (χ4n) is 1.79. The molecule has 1 aliphatic heterocycles. The molecule has 0 aromatic heterocycles. The van der Waals surface area contributed by atoms with Crippen molar-refractivity contribution in [3.05, 3.63) is 0 Å². The zero-order valence-electron chi connectivity index (χ0n) is 9.16. The number of carboxylic acids is 1. The molecule has 0 radical (unpaired) electrons. The molecule has 1 heterocycles. The van der Waals surface area contributed by atoms with E-state index < -0.39 is 21.7 Å². The lowest BCUT2D eigenvalue weighted by Gasteiger charge is -2.38. The van der Waals surface area contributed by atoms with Crippen molar-refractivity contribution in [3.8, 4) is 0 Å². The van der Waals surface area contributed by atoms with Crippen LogP contribution in [0.3, 0.4) is 0 Å². The van der Waals surface area contributed by atoms with Gasteiger partial charge in [0.1, 0.15) is 0 Å². The molecule has 1 aliphatic rings. The molecule has 0 bridgehead atoms. The van der Waals surface area contributed by atoms with Gasteiger partial charge in [0.05, 0.1) is 0 Å². The summed E-state index contributed by atoms with van der Waals surface area (Å²) in [6.45, 7) is 1.63. The van der Waals surface area contributed by atoms with Crippen molar-refractivity contribution >= 4 is 16.0 Å². The lowest BCUT2D eigenvalue weighted by Crippen LogP contribution is -2.57. The molecule has 0 aromatic carbocycles. The SMILES string of the molecule is CN1CCN(S(=O)(=O)CC(=O)O)C(CN)C1. The molecular formula is C8H17N3O4S. The van der Waals surface area contributed by atoms with Gasteiger partial charge in [0.25, 0.3) is 0 Å². The van der Waals surface area contributed by atoms with Gasteiger partial charge in [0.15, 0.2) is 5.75 Å². The topological polar surface area (TPSA) is 104 Å². The molecule has 1 fully saturated rings. The molecular weight excluding hydrogens is 234 g/mol. The van der Waals surface area contributed by atoms with Crippen molar-refractivity contribution in [2.75, 3.05) is 39.0 Å². The Hall–Kier alpha value is -0.700. The van der Waals surface area contributed by atoms with Crippen molar-refractivity contribution in [2.45, 2.75) is 6.04 Å². The Morgan fingerprint density at radius 3 is 2.62 bits per heavy atom. The van der Waals surface area contributed by atoms with Gasteiger partial charge in [-0.2, -0.15) is 4.31 Å². The first-order valence-electron chi connectivity index (χ1n) is 4.96. The van der Waals surface area contributed by atoms with Crippen LogP contribution in [0.1, 0.15) is 0 Å². The average molecular weight is 251 g/mol. The summed E-state index contributed by atoms with van der Waals surface area (Å²) in [7, 11) is -1.86. The van der Waals surface area contributed by atoms with E-state index in [9.17, 15) is 13.2 Å². The van der Waals surface area contributed by atoms with Gasteiger partial charge in [-0.1, -0.05) is 0 Å². The Morgan fingerprint density at radius 2 is 2.12 bits per heavy atom. The predicted octanol–water partition coefficient (Wildman–Crippen LogP) is -2.02. The van der Waals surface area contributed by atoms with Crippen LogP contribution in [0.5, 0.6) is 0 Å². The van der Waals surface area contributed by atoms with Crippen LogP contribution in [-0.4, -0.2) is 73.7 Å². The molecule has 3 N–H and O–H groups in total. The van der Waals surface area contributed by atoms with Crippen LogP contribution in [0, 0.1) is 0 Å². The standard InChI is InChI=1S/C8H17N3O4S/c1-10-2-3-11(7(4-9)5-10)16(14,15)6-8(12)13/h7H,2-6,9H2,1H3,(H,12,13). The van der Waals surface area contributed by atoms with Crippen LogP contribution in [0.2, 0.25) is 0 Å². The first-order chi connectivity index (χ1) is 7.36. The molecule has 0 aromatic rings. The first-order valence-corrected chi connectivity index (χ1v) is 6.57. The number of hydrogen-bond acceptors (Lipinski definition) is 5. The van der Waals surface area contributed by atoms with Gasteiger partial charge in [0.2, 0.25) is 10.0 Å². The Balaban J connectivity index is 2.81. The third kappa shape index (κ3) is 3.14. The molecule has 94 valence electrons. The molecule has 1 unspecified atom stereocenters. The van der Waals surface area contributed by atoms with E-state index >= 15 is 0 Å². The second-order valence-electron chi connectivity index (χ2n) is 3.91. The van der Waals surface area contributed by atoms with Crippen molar-refractivity contribution in [1.82, 2.24) is 9.21 Å². The normalized spacial score (nSPS) is 24.5. The highest BCUT2D eigenvalue weighted by molar-refractivity contribution is 7.89. The van der Waals surface area contributed by atoms with Crippen LogP contribution >= 0.6 is 0 Å². The molecule has 1 atom stereocenters. The predicted molar refractivity (Wildman–Crippen MR) is 58.5 cm³/mol. The van der Waals surface area contributed by atoms with Gasteiger partial charge in [-0.05, 0) is 7.05 Å². The Labute approximate surface area is 94.9 Å². The summed E-state index contributed by atoms with van der Waals surface area (Å²) in [5, 5.41) is 8.54. The number of rotatable bonds is 4. The third-order valence-corrected chi connectivity index (χ3v) is 4.37. The highest BCUT2D eigenvalue weighted by atomic mass is 32.2. The van der Waals surface area contributed by atoms with Crippen LogP contribution < -0.4 is 5.73 Å². The Bertz CT molecular complexity index is 356. The second kappa shape index (κ2) is 5.09. The highest BCUT2D eigenvalue weighted by Gasteiger charge is 2.34. The number of nitrogens with two attached hydrogens (primary N) is 1. The molecule has 0 spiro atoms. The van der Waals surface area contributed by atoms with Gasteiger partial charge in [0, 0.05) is 32.2 Å². The van der Waals surface area contributed by atoms with E-state index in [0.29, 0.717) is 19.6 Å². The quantitative estimate of drug-likeness (QED) is 0.597. The first kappa shape index (κ1) is 13.4. The fourth-order valence-corrected chi connectivity index (χ4v) is 3.24. The number of sulfonamides is 1. The average Bonchev–Trinajstić information content (AvgIpc) is 2.15. The van der Waals surface area contributed by atoms with Crippen molar-refractivity contribution in [3.63, 3.8) is 0 Å². The smallest absolute Gasteiger partial charge is 0.320 e. The Kier molecular flexibility index (Phi) is 4.25. The van der Waals surface area contributed by atoms with Crippen molar-refractivity contribution in [1.29, 1.82) is 0 Å².